The summed E-state index contributed by atoms with van der Waals surface area (Å²) >= 11 is 0. The highest BCUT2D eigenvalue weighted by atomic mass is 32.2. The van der Waals surface area contributed by atoms with Gasteiger partial charge in [0.1, 0.15) is 17.3 Å². The van der Waals surface area contributed by atoms with Crippen molar-refractivity contribution in [3.63, 3.8) is 0 Å². The van der Waals surface area contributed by atoms with Crippen molar-refractivity contribution in [2.45, 2.75) is 18.4 Å². The summed E-state index contributed by atoms with van der Waals surface area (Å²) in [6.45, 7) is 1.71. The minimum Gasteiger partial charge on any atom is -0.497 e. The number of carbonyl (C=O) groups is 1. The molecule has 1 amide bonds. The van der Waals surface area contributed by atoms with E-state index in [2.05, 4.69) is 10.4 Å². The predicted molar refractivity (Wildman–Crippen MR) is 112 cm³/mol. The van der Waals surface area contributed by atoms with Gasteiger partial charge in [0.05, 0.1) is 30.0 Å². The molecule has 0 spiro atoms. The summed E-state index contributed by atoms with van der Waals surface area (Å²) < 4.78 is 36.4. The molecule has 9 heteroatoms. The first-order valence-electron chi connectivity index (χ1n) is 9.29. The zero-order chi connectivity index (χ0) is 21.3. The number of amides is 1. The van der Waals surface area contributed by atoms with Crippen LogP contribution in [0.15, 0.2) is 48.5 Å². The van der Waals surface area contributed by atoms with Crippen LogP contribution < -0.4 is 14.8 Å². The van der Waals surface area contributed by atoms with Crippen LogP contribution >= 0.6 is 0 Å². The number of ether oxygens (including phenoxy) is 2. The molecular weight excluding hydrogens is 406 g/mol. The predicted octanol–water partition coefficient (Wildman–Crippen LogP) is 2.64. The molecular formula is C21H21N3O5S. The van der Waals surface area contributed by atoms with E-state index in [0.717, 1.165) is 11.3 Å². The van der Waals surface area contributed by atoms with Crippen LogP contribution in [0.25, 0.3) is 5.69 Å². The lowest BCUT2D eigenvalue weighted by molar-refractivity contribution is -0.118. The molecule has 0 atom stereocenters. The van der Waals surface area contributed by atoms with Gasteiger partial charge in [-0.05, 0) is 36.8 Å². The van der Waals surface area contributed by atoms with E-state index in [1.165, 1.54) is 0 Å². The third-order valence-electron chi connectivity index (χ3n) is 4.70. The average Bonchev–Trinajstić information content (AvgIpc) is 3.19. The lowest BCUT2D eigenvalue weighted by Crippen LogP contribution is -2.23. The van der Waals surface area contributed by atoms with Gasteiger partial charge < -0.3 is 14.8 Å². The molecule has 8 nitrogen and oxygen atoms in total. The van der Waals surface area contributed by atoms with Crippen molar-refractivity contribution in [2.24, 2.45) is 0 Å². The number of carbonyl (C=O) groups excluding carboxylic acids is 1. The fraction of sp³-hybridized carbons (Fsp3) is 0.238. The lowest BCUT2D eigenvalue weighted by Gasteiger charge is -2.12. The monoisotopic (exact) mass is 427 g/mol. The van der Waals surface area contributed by atoms with Crippen molar-refractivity contribution < 1.29 is 22.7 Å². The maximum atomic E-state index is 12.6. The maximum absolute atomic E-state index is 12.6. The smallest absolute Gasteiger partial charge is 0.263 e. The Morgan fingerprint density at radius 2 is 1.90 bits per heavy atom. The van der Waals surface area contributed by atoms with Crippen molar-refractivity contribution in [1.82, 2.24) is 9.78 Å². The number of anilines is 1. The van der Waals surface area contributed by atoms with Gasteiger partial charge in [0.2, 0.25) is 0 Å². The van der Waals surface area contributed by atoms with Gasteiger partial charge in [0.15, 0.2) is 16.4 Å². The molecule has 4 rings (SSSR count). The minimum atomic E-state index is -3.26. The Labute approximate surface area is 174 Å². The molecule has 2 heterocycles. The van der Waals surface area contributed by atoms with E-state index in [4.69, 9.17) is 9.47 Å². The van der Waals surface area contributed by atoms with Crippen LogP contribution in [0.3, 0.4) is 0 Å². The Kier molecular flexibility index (Phi) is 5.21. The third-order valence-corrected chi connectivity index (χ3v) is 6.14. The van der Waals surface area contributed by atoms with Crippen molar-refractivity contribution in [3.8, 4) is 17.2 Å². The Balaban J connectivity index is 1.58. The van der Waals surface area contributed by atoms with Gasteiger partial charge in [0.25, 0.3) is 5.91 Å². The molecule has 1 aliphatic heterocycles. The second kappa shape index (κ2) is 7.83. The number of aromatic nitrogens is 2. The number of nitrogens with zero attached hydrogens (tertiary/aromatic N) is 2. The molecule has 0 saturated heterocycles. The van der Waals surface area contributed by atoms with Gasteiger partial charge in [-0.25, -0.2) is 13.1 Å². The number of methoxy groups -OCH3 is 1. The van der Waals surface area contributed by atoms with Crippen molar-refractivity contribution in [1.29, 1.82) is 0 Å². The molecule has 0 saturated carbocycles. The number of nitrogens with one attached hydrogen (secondary N) is 1. The quantitative estimate of drug-likeness (QED) is 0.649. The standard InChI is InChI=1S/C21H21N3O5S/c1-14-5-3-6-15(9-14)24-21(18-12-30(26,27)13-19(18)23-24)22-20(25)11-29-17-8-4-7-16(10-17)28-2/h3-10H,11-13H2,1-2H3,(H,22,25). The molecule has 3 aromatic rings. The van der Waals surface area contributed by atoms with Crippen LogP contribution in [-0.4, -0.2) is 37.8 Å². The first kappa shape index (κ1) is 20.0. The molecule has 0 fully saturated rings. The molecule has 1 aliphatic rings. The van der Waals surface area contributed by atoms with Gasteiger partial charge >= 0.3 is 0 Å². The van der Waals surface area contributed by atoms with Crippen LogP contribution in [-0.2, 0) is 26.1 Å². The van der Waals surface area contributed by atoms with Crippen molar-refractivity contribution >= 4 is 21.6 Å². The fourth-order valence-electron chi connectivity index (χ4n) is 3.33. The van der Waals surface area contributed by atoms with Crippen molar-refractivity contribution in [2.75, 3.05) is 19.0 Å². The summed E-state index contributed by atoms with van der Waals surface area (Å²) in [6, 6.07) is 14.5. The van der Waals surface area contributed by atoms with Crippen LogP contribution in [0.2, 0.25) is 0 Å². The molecule has 30 heavy (non-hydrogen) atoms. The molecule has 0 radical (unpaired) electrons. The van der Waals surface area contributed by atoms with E-state index >= 15 is 0 Å². The molecule has 1 aromatic heterocycles. The number of hydrogen-bond donors (Lipinski definition) is 1. The van der Waals surface area contributed by atoms with Gasteiger partial charge in [-0.1, -0.05) is 18.2 Å². The third kappa shape index (κ3) is 4.16. The summed E-state index contributed by atoms with van der Waals surface area (Å²) in [7, 11) is -1.71. The Morgan fingerprint density at radius 1 is 1.13 bits per heavy atom. The zero-order valence-electron chi connectivity index (χ0n) is 16.6. The summed E-state index contributed by atoms with van der Waals surface area (Å²) in [4.78, 5) is 12.6. The van der Waals surface area contributed by atoms with Crippen LogP contribution in [0.1, 0.15) is 16.8 Å². The molecule has 2 aromatic carbocycles. The van der Waals surface area contributed by atoms with Gasteiger partial charge in [-0.3, -0.25) is 4.79 Å². The normalized spacial score (nSPS) is 14.2. The fourth-order valence-corrected chi connectivity index (χ4v) is 4.82. The number of rotatable bonds is 6. The highest BCUT2D eigenvalue weighted by molar-refractivity contribution is 7.90. The molecule has 156 valence electrons. The summed E-state index contributed by atoms with van der Waals surface area (Å²) in [5, 5.41) is 7.24. The van der Waals surface area contributed by atoms with Crippen LogP contribution in [0.5, 0.6) is 11.5 Å². The maximum Gasteiger partial charge on any atom is 0.263 e. The molecule has 0 unspecified atom stereocenters. The molecule has 1 N–H and O–H groups in total. The van der Waals surface area contributed by atoms with Crippen molar-refractivity contribution in [3.05, 3.63) is 65.4 Å². The number of benzene rings is 2. The van der Waals surface area contributed by atoms with Crippen LogP contribution in [0.4, 0.5) is 5.82 Å². The second-order valence-electron chi connectivity index (χ2n) is 7.07. The Morgan fingerprint density at radius 3 is 2.67 bits per heavy atom. The summed E-state index contributed by atoms with van der Waals surface area (Å²) in [6.07, 6.45) is 0. The number of hydrogen-bond acceptors (Lipinski definition) is 6. The topological polar surface area (TPSA) is 99.5 Å². The Hall–Kier alpha value is -3.33. The largest absolute Gasteiger partial charge is 0.497 e. The number of aryl methyl sites for hydroxylation is 1. The average molecular weight is 427 g/mol. The minimum absolute atomic E-state index is 0.135. The van der Waals surface area contributed by atoms with E-state index in [-0.39, 0.29) is 18.1 Å². The SMILES string of the molecule is COc1cccc(OCC(=O)Nc2c3c(nn2-c2cccc(C)c2)CS(=O)(=O)C3)c1. The lowest BCUT2D eigenvalue weighted by atomic mass is 10.2. The number of fused-ring (bicyclic) bond motifs is 1. The van der Waals surface area contributed by atoms with E-state index in [0.29, 0.717) is 28.6 Å². The first-order chi connectivity index (χ1) is 14.3. The first-order valence-corrected chi connectivity index (χ1v) is 11.1. The second-order valence-corrected chi connectivity index (χ2v) is 9.14. The van der Waals surface area contributed by atoms with E-state index in [9.17, 15) is 13.2 Å². The van der Waals surface area contributed by atoms with Gasteiger partial charge in [0, 0.05) is 11.6 Å². The van der Waals surface area contributed by atoms with Gasteiger partial charge in [-0.15, -0.1) is 0 Å². The zero-order valence-corrected chi connectivity index (χ0v) is 17.4. The highest BCUT2D eigenvalue weighted by Gasteiger charge is 2.33. The van der Waals surface area contributed by atoms with E-state index in [1.807, 2.05) is 31.2 Å². The number of sulfone groups is 1. The molecule has 0 aliphatic carbocycles. The molecule has 0 bridgehead atoms. The van der Waals surface area contributed by atoms with Gasteiger partial charge in [-0.2, -0.15) is 5.10 Å². The van der Waals surface area contributed by atoms with E-state index < -0.39 is 15.7 Å². The van der Waals surface area contributed by atoms with Crippen LogP contribution in [0, 0.1) is 6.92 Å². The van der Waals surface area contributed by atoms with E-state index in [1.54, 1.807) is 36.1 Å². The Bertz CT molecular complexity index is 1220. The highest BCUT2D eigenvalue weighted by Crippen LogP contribution is 2.33. The summed E-state index contributed by atoms with van der Waals surface area (Å²) in [5.41, 5.74) is 2.74. The summed E-state index contributed by atoms with van der Waals surface area (Å²) in [5.74, 6) is 0.762.